The van der Waals surface area contributed by atoms with Gasteiger partial charge in [0, 0.05) is 17.1 Å². The fourth-order valence-electron chi connectivity index (χ4n) is 5.59. The van der Waals surface area contributed by atoms with Gasteiger partial charge in [0.25, 0.3) is 0 Å². The number of hydrogen-bond acceptors (Lipinski definition) is 1. The van der Waals surface area contributed by atoms with E-state index in [0.29, 0.717) is 0 Å². The topological polar surface area (TPSA) is 3.24 Å². The molecule has 194 valence electrons. The molecule has 1 nitrogen and oxygen atoms in total. The Morgan fingerprint density at radius 3 is 1.48 bits per heavy atom. The largest absolute Gasteiger partial charge is 0.310 e. The van der Waals surface area contributed by atoms with E-state index in [1.807, 2.05) is 0 Å². The number of benzene rings is 6. The predicted molar refractivity (Wildman–Crippen MR) is 172 cm³/mol. The van der Waals surface area contributed by atoms with Gasteiger partial charge in [-0.3, -0.25) is 0 Å². The number of aryl methyl sites for hydroxylation is 2. The summed E-state index contributed by atoms with van der Waals surface area (Å²) in [4.78, 5) is 2.44. The quantitative estimate of drug-likeness (QED) is 0.213. The highest BCUT2D eigenvalue weighted by Gasteiger charge is 2.20. The molecule has 0 radical (unpaired) electrons. The van der Waals surface area contributed by atoms with Crippen molar-refractivity contribution in [2.45, 2.75) is 20.8 Å². The van der Waals surface area contributed by atoms with Gasteiger partial charge >= 0.3 is 0 Å². The van der Waals surface area contributed by atoms with Crippen LogP contribution in [0.1, 0.15) is 16.7 Å². The summed E-state index contributed by atoms with van der Waals surface area (Å²) in [6.07, 6.45) is 0. The van der Waals surface area contributed by atoms with Gasteiger partial charge in [0.15, 0.2) is 0 Å². The summed E-state index contributed by atoms with van der Waals surface area (Å²) in [7, 11) is 0. The molecule has 0 saturated carbocycles. The molecule has 0 N–H and O–H groups in total. The van der Waals surface area contributed by atoms with Crippen molar-refractivity contribution in [3.8, 4) is 33.4 Å². The molecule has 0 aliphatic heterocycles. The van der Waals surface area contributed by atoms with Crippen molar-refractivity contribution >= 4 is 17.1 Å². The van der Waals surface area contributed by atoms with Crippen LogP contribution in [0.5, 0.6) is 0 Å². The monoisotopic (exact) mass is 515 g/mol. The Kier molecular flexibility index (Phi) is 7.04. The first-order valence-corrected chi connectivity index (χ1v) is 13.9. The van der Waals surface area contributed by atoms with Crippen LogP contribution < -0.4 is 4.90 Å². The average Bonchev–Trinajstić information content (AvgIpc) is 3.00. The van der Waals surface area contributed by atoms with Crippen LogP contribution in [-0.2, 0) is 0 Å². The maximum atomic E-state index is 2.44. The number of rotatable bonds is 6. The molecular formula is C39H33N. The van der Waals surface area contributed by atoms with Gasteiger partial charge in [0.05, 0.1) is 0 Å². The van der Waals surface area contributed by atoms with Crippen LogP contribution in [0.25, 0.3) is 33.4 Å². The van der Waals surface area contributed by atoms with Gasteiger partial charge in [-0.05, 0) is 101 Å². The van der Waals surface area contributed by atoms with Gasteiger partial charge in [0.2, 0.25) is 0 Å². The number of para-hydroxylation sites is 1. The predicted octanol–water partition coefficient (Wildman–Crippen LogP) is 11.1. The minimum absolute atomic E-state index is 1.14. The first-order valence-electron chi connectivity index (χ1n) is 13.9. The maximum absolute atomic E-state index is 2.44. The molecule has 0 atom stereocenters. The van der Waals surface area contributed by atoms with Crippen molar-refractivity contribution in [3.63, 3.8) is 0 Å². The zero-order valence-electron chi connectivity index (χ0n) is 23.3. The Balaban J connectivity index is 1.63. The minimum Gasteiger partial charge on any atom is -0.310 e. The van der Waals surface area contributed by atoms with E-state index in [1.54, 1.807) is 0 Å². The van der Waals surface area contributed by atoms with Crippen LogP contribution in [0.2, 0.25) is 0 Å². The lowest BCUT2D eigenvalue weighted by atomic mass is 9.94. The Hall–Kier alpha value is -4.88. The SMILES string of the molecule is Cc1ccccc1-c1cccc(N(c2cc(-c3ccccc3)cc(-c3ccccc3)c2)c2ccccc2C)c1C. The first kappa shape index (κ1) is 25.4. The first-order chi connectivity index (χ1) is 19.6. The summed E-state index contributed by atoms with van der Waals surface area (Å²) in [6.45, 7) is 6.64. The van der Waals surface area contributed by atoms with Crippen molar-refractivity contribution < 1.29 is 0 Å². The van der Waals surface area contributed by atoms with Gasteiger partial charge in [-0.15, -0.1) is 0 Å². The molecule has 0 aromatic heterocycles. The highest BCUT2D eigenvalue weighted by atomic mass is 15.1. The molecule has 1 heteroatoms. The summed E-state index contributed by atoms with van der Waals surface area (Å²) >= 11 is 0. The minimum atomic E-state index is 1.14. The maximum Gasteiger partial charge on any atom is 0.0497 e. The number of hydrogen-bond donors (Lipinski definition) is 0. The van der Waals surface area contributed by atoms with Gasteiger partial charge in [-0.1, -0.05) is 115 Å². The summed E-state index contributed by atoms with van der Waals surface area (Å²) in [6, 6.07) is 52.3. The van der Waals surface area contributed by atoms with Gasteiger partial charge in [-0.2, -0.15) is 0 Å². The highest BCUT2D eigenvalue weighted by molar-refractivity contribution is 5.88. The summed E-state index contributed by atoms with van der Waals surface area (Å²) in [5, 5.41) is 0. The second kappa shape index (κ2) is 11.1. The zero-order valence-corrected chi connectivity index (χ0v) is 23.3. The lowest BCUT2D eigenvalue weighted by Gasteiger charge is -2.30. The fraction of sp³-hybridized carbons (Fsp3) is 0.0769. The van der Waals surface area contributed by atoms with E-state index in [1.165, 1.54) is 61.4 Å². The number of anilines is 3. The molecular weight excluding hydrogens is 482 g/mol. The third-order valence-electron chi connectivity index (χ3n) is 7.73. The van der Waals surface area contributed by atoms with Crippen LogP contribution in [0.15, 0.2) is 146 Å². The van der Waals surface area contributed by atoms with Crippen molar-refractivity contribution in [1.82, 2.24) is 0 Å². The van der Waals surface area contributed by atoms with Crippen molar-refractivity contribution in [1.29, 1.82) is 0 Å². The summed E-state index contributed by atoms with van der Waals surface area (Å²) < 4.78 is 0. The van der Waals surface area contributed by atoms with Crippen molar-refractivity contribution in [2.24, 2.45) is 0 Å². The lowest BCUT2D eigenvalue weighted by Crippen LogP contribution is -2.13. The van der Waals surface area contributed by atoms with Crippen LogP contribution in [0.4, 0.5) is 17.1 Å². The van der Waals surface area contributed by atoms with E-state index in [-0.39, 0.29) is 0 Å². The van der Waals surface area contributed by atoms with Gasteiger partial charge in [0.1, 0.15) is 0 Å². The lowest BCUT2D eigenvalue weighted by molar-refractivity contribution is 1.22. The Labute approximate surface area is 238 Å². The average molecular weight is 516 g/mol. The molecule has 0 amide bonds. The molecule has 0 aliphatic rings. The molecule has 6 aromatic carbocycles. The summed E-state index contributed by atoms with van der Waals surface area (Å²) in [5.41, 5.74) is 14.6. The summed E-state index contributed by atoms with van der Waals surface area (Å²) in [5.74, 6) is 0. The Morgan fingerprint density at radius 1 is 0.375 bits per heavy atom. The third kappa shape index (κ3) is 4.95. The van der Waals surface area contributed by atoms with E-state index >= 15 is 0 Å². The molecule has 6 rings (SSSR count). The van der Waals surface area contributed by atoms with E-state index in [4.69, 9.17) is 0 Å². The van der Waals surface area contributed by atoms with E-state index < -0.39 is 0 Å². The smallest absolute Gasteiger partial charge is 0.0497 e. The van der Waals surface area contributed by atoms with E-state index in [9.17, 15) is 0 Å². The van der Waals surface area contributed by atoms with Gasteiger partial charge < -0.3 is 4.90 Å². The second-order valence-corrected chi connectivity index (χ2v) is 10.4. The normalized spacial score (nSPS) is 10.9. The molecule has 0 heterocycles. The second-order valence-electron chi connectivity index (χ2n) is 10.4. The molecule has 0 saturated heterocycles. The standard InChI is InChI=1S/C39H33N/c1-28-15-10-12-21-36(28)37-22-14-24-39(30(37)3)40(38-23-13-11-16-29(38)2)35-26-33(31-17-6-4-7-18-31)25-34(27-35)32-19-8-5-9-20-32/h4-27H,1-3H3. The molecule has 0 bridgehead atoms. The molecule has 0 fully saturated rings. The molecule has 40 heavy (non-hydrogen) atoms. The third-order valence-corrected chi connectivity index (χ3v) is 7.73. The zero-order chi connectivity index (χ0) is 27.5. The molecule has 0 unspecified atom stereocenters. The Morgan fingerprint density at radius 2 is 0.875 bits per heavy atom. The molecule has 0 spiro atoms. The van der Waals surface area contributed by atoms with Crippen LogP contribution >= 0.6 is 0 Å². The fourth-order valence-corrected chi connectivity index (χ4v) is 5.59. The van der Waals surface area contributed by atoms with Crippen LogP contribution in [0, 0.1) is 20.8 Å². The van der Waals surface area contributed by atoms with Crippen LogP contribution in [0.3, 0.4) is 0 Å². The highest BCUT2D eigenvalue weighted by Crippen LogP contribution is 2.43. The van der Waals surface area contributed by atoms with Crippen molar-refractivity contribution in [2.75, 3.05) is 4.90 Å². The number of nitrogens with zero attached hydrogens (tertiary/aromatic N) is 1. The Bertz CT molecular complexity index is 1710. The van der Waals surface area contributed by atoms with E-state index in [0.717, 1.165) is 5.69 Å². The van der Waals surface area contributed by atoms with E-state index in [2.05, 4.69) is 171 Å². The van der Waals surface area contributed by atoms with Crippen molar-refractivity contribution in [3.05, 3.63) is 162 Å². The van der Waals surface area contributed by atoms with Gasteiger partial charge in [-0.25, -0.2) is 0 Å². The molecule has 6 aromatic rings. The van der Waals surface area contributed by atoms with Crippen LogP contribution in [-0.4, -0.2) is 0 Å². The molecule has 0 aliphatic carbocycles.